The molecule has 2 aromatic rings. The fourth-order valence-electron chi connectivity index (χ4n) is 3.18. The molecule has 1 fully saturated rings. The van der Waals surface area contributed by atoms with E-state index < -0.39 is 0 Å². The number of hydrogen-bond donors (Lipinski definition) is 1. The van der Waals surface area contributed by atoms with Gasteiger partial charge < -0.3 is 19.5 Å². The first kappa shape index (κ1) is 19.6. The average molecular weight is 392 g/mol. The second kappa shape index (κ2) is 9.71. The van der Waals surface area contributed by atoms with Crippen molar-refractivity contribution in [3.8, 4) is 11.4 Å². The van der Waals surface area contributed by atoms with Crippen molar-refractivity contribution in [1.82, 2.24) is 20.4 Å². The molecule has 0 amide bonds. The molecule has 27 heavy (non-hydrogen) atoms. The Balaban J connectivity index is 1.58. The molecule has 8 heteroatoms. The van der Waals surface area contributed by atoms with E-state index in [1.807, 2.05) is 24.3 Å². The molecule has 0 radical (unpaired) electrons. The molecule has 0 saturated carbocycles. The predicted octanol–water partition coefficient (Wildman–Crippen LogP) is 2.87. The summed E-state index contributed by atoms with van der Waals surface area (Å²) in [6.07, 6.45) is 1.72. The molecule has 1 saturated heterocycles. The summed E-state index contributed by atoms with van der Waals surface area (Å²) in [4.78, 5) is 11.5. The van der Waals surface area contributed by atoms with Crippen LogP contribution in [0, 0.1) is 5.92 Å². The number of guanidine groups is 1. The first-order valence-corrected chi connectivity index (χ1v) is 9.68. The van der Waals surface area contributed by atoms with Crippen molar-refractivity contribution in [2.45, 2.75) is 19.8 Å². The zero-order chi connectivity index (χ0) is 19.1. The molecule has 1 atom stereocenters. The second-order valence-corrected chi connectivity index (χ2v) is 7.00. The molecule has 0 bridgehead atoms. The van der Waals surface area contributed by atoms with Crippen LogP contribution in [0.3, 0.4) is 0 Å². The van der Waals surface area contributed by atoms with Gasteiger partial charge in [-0.05, 0) is 25.5 Å². The van der Waals surface area contributed by atoms with Crippen molar-refractivity contribution in [3.05, 3.63) is 35.2 Å². The summed E-state index contributed by atoms with van der Waals surface area (Å²) >= 11 is 6.02. The van der Waals surface area contributed by atoms with Gasteiger partial charge in [-0.2, -0.15) is 4.98 Å². The Kier molecular flexibility index (Phi) is 7.06. The van der Waals surface area contributed by atoms with Gasteiger partial charge in [0.1, 0.15) is 0 Å². The molecule has 7 nitrogen and oxygen atoms in total. The molecule has 146 valence electrons. The Morgan fingerprint density at radius 2 is 2.37 bits per heavy atom. The summed E-state index contributed by atoms with van der Waals surface area (Å²) in [6, 6.07) is 7.42. The first-order valence-electron chi connectivity index (χ1n) is 9.30. The third kappa shape index (κ3) is 5.43. The largest absolute Gasteiger partial charge is 0.384 e. The van der Waals surface area contributed by atoms with Crippen LogP contribution in [0.25, 0.3) is 11.4 Å². The van der Waals surface area contributed by atoms with Gasteiger partial charge in [-0.25, -0.2) is 0 Å². The maximum absolute atomic E-state index is 6.02. The van der Waals surface area contributed by atoms with E-state index in [4.69, 9.17) is 25.9 Å². The van der Waals surface area contributed by atoms with Gasteiger partial charge in [-0.1, -0.05) is 28.9 Å². The highest BCUT2D eigenvalue weighted by molar-refractivity contribution is 6.30. The summed E-state index contributed by atoms with van der Waals surface area (Å²) in [5.41, 5.74) is 0.843. The molecule has 1 N–H and O–H groups in total. The number of aromatic nitrogens is 2. The molecule has 1 aromatic heterocycles. The van der Waals surface area contributed by atoms with Crippen LogP contribution in [0.2, 0.25) is 5.02 Å². The highest BCUT2D eigenvalue weighted by atomic mass is 35.5. The van der Waals surface area contributed by atoms with E-state index in [0.717, 1.165) is 44.2 Å². The highest BCUT2D eigenvalue weighted by Crippen LogP contribution is 2.20. The lowest BCUT2D eigenvalue weighted by atomic mass is 10.1. The van der Waals surface area contributed by atoms with Gasteiger partial charge in [-0.3, -0.25) is 4.99 Å². The number of likely N-dealkylation sites (tertiary alicyclic amines) is 1. The average Bonchev–Trinajstić information content (AvgIpc) is 3.31. The number of benzene rings is 1. The van der Waals surface area contributed by atoms with Crippen LogP contribution in [0.4, 0.5) is 0 Å². The summed E-state index contributed by atoms with van der Waals surface area (Å²) in [5, 5.41) is 8.05. The van der Waals surface area contributed by atoms with Crippen molar-refractivity contribution in [2.24, 2.45) is 10.9 Å². The highest BCUT2D eigenvalue weighted by Gasteiger charge is 2.24. The van der Waals surface area contributed by atoms with Gasteiger partial charge in [0.2, 0.25) is 11.7 Å². The van der Waals surface area contributed by atoms with Crippen LogP contribution < -0.4 is 5.32 Å². The second-order valence-electron chi connectivity index (χ2n) is 6.56. The monoisotopic (exact) mass is 391 g/mol. The van der Waals surface area contributed by atoms with Crippen molar-refractivity contribution in [1.29, 1.82) is 0 Å². The molecule has 2 heterocycles. The number of nitrogens with zero attached hydrogens (tertiary/aromatic N) is 4. The standard InChI is InChI=1S/C19H26ClN5O2/c1-3-21-19(25-10-8-14(12-25)13-26-2)22-9-7-17-23-18(24-27-17)15-5-4-6-16(20)11-15/h4-6,11,14H,3,7-10,12-13H2,1-2H3,(H,21,22). The number of rotatable bonds is 7. The zero-order valence-electron chi connectivity index (χ0n) is 15.8. The van der Waals surface area contributed by atoms with Crippen molar-refractivity contribution in [3.63, 3.8) is 0 Å². The predicted molar refractivity (Wildman–Crippen MR) is 106 cm³/mol. The number of methoxy groups -OCH3 is 1. The van der Waals surface area contributed by atoms with Crippen molar-refractivity contribution < 1.29 is 9.26 Å². The van der Waals surface area contributed by atoms with E-state index in [-0.39, 0.29) is 0 Å². The number of nitrogens with one attached hydrogen (secondary N) is 1. The van der Waals surface area contributed by atoms with Crippen molar-refractivity contribution >= 4 is 17.6 Å². The van der Waals surface area contributed by atoms with Crippen LogP contribution in [0.15, 0.2) is 33.8 Å². The van der Waals surface area contributed by atoms with Gasteiger partial charge >= 0.3 is 0 Å². The molecule has 0 spiro atoms. The third-order valence-electron chi connectivity index (χ3n) is 4.46. The molecule has 1 unspecified atom stereocenters. The van der Waals surface area contributed by atoms with Gasteiger partial charge in [0, 0.05) is 49.7 Å². The summed E-state index contributed by atoms with van der Waals surface area (Å²) in [7, 11) is 1.75. The minimum absolute atomic E-state index is 0.547. The normalized spacial score (nSPS) is 17.5. The summed E-state index contributed by atoms with van der Waals surface area (Å²) in [5.74, 6) is 2.62. The molecule has 3 rings (SSSR count). The van der Waals surface area contributed by atoms with E-state index in [2.05, 4.69) is 27.3 Å². The minimum atomic E-state index is 0.547. The topological polar surface area (TPSA) is 75.8 Å². The van der Waals surface area contributed by atoms with Crippen LogP contribution >= 0.6 is 11.6 Å². The van der Waals surface area contributed by atoms with Gasteiger partial charge in [0.15, 0.2) is 5.96 Å². The molecule has 1 aliphatic rings. The summed E-state index contributed by atoms with van der Waals surface area (Å²) in [6.45, 7) is 6.27. The molecular formula is C19H26ClN5O2. The van der Waals surface area contributed by atoms with E-state index in [1.54, 1.807) is 7.11 Å². The quantitative estimate of drug-likeness (QED) is 0.577. The number of hydrogen-bond acceptors (Lipinski definition) is 5. The Morgan fingerprint density at radius 1 is 1.48 bits per heavy atom. The molecule has 0 aliphatic carbocycles. The SMILES string of the molecule is CCNC(=NCCc1nc(-c2cccc(Cl)c2)no1)N1CCC(COC)C1. The maximum atomic E-state index is 6.02. The van der Waals surface area contributed by atoms with Gasteiger partial charge in [-0.15, -0.1) is 0 Å². The van der Waals surface area contributed by atoms with E-state index >= 15 is 0 Å². The lowest BCUT2D eigenvalue weighted by molar-refractivity contribution is 0.157. The molecule has 1 aliphatic heterocycles. The van der Waals surface area contributed by atoms with Gasteiger partial charge in [0.25, 0.3) is 0 Å². The van der Waals surface area contributed by atoms with Gasteiger partial charge in [0.05, 0.1) is 13.2 Å². The van der Waals surface area contributed by atoms with Crippen LogP contribution in [-0.2, 0) is 11.2 Å². The van der Waals surface area contributed by atoms with Crippen LogP contribution in [0.5, 0.6) is 0 Å². The maximum Gasteiger partial charge on any atom is 0.228 e. The fraction of sp³-hybridized carbons (Fsp3) is 0.526. The summed E-state index contributed by atoms with van der Waals surface area (Å²) < 4.78 is 10.6. The van der Waals surface area contributed by atoms with E-state index in [0.29, 0.717) is 35.6 Å². The zero-order valence-corrected chi connectivity index (χ0v) is 16.6. The first-order chi connectivity index (χ1) is 13.2. The third-order valence-corrected chi connectivity index (χ3v) is 4.70. The van der Waals surface area contributed by atoms with E-state index in [9.17, 15) is 0 Å². The lowest BCUT2D eigenvalue weighted by Crippen LogP contribution is -2.40. The minimum Gasteiger partial charge on any atom is -0.384 e. The lowest BCUT2D eigenvalue weighted by Gasteiger charge is -2.21. The Labute approximate surface area is 164 Å². The van der Waals surface area contributed by atoms with Crippen LogP contribution in [0.1, 0.15) is 19.2 Å². The Hall–Kier alpha value is -2.12. The Bertz CT molecular complexity index is 764. The number of halogens is 1. The smallest absolute Gasteiger partial charge is 0.228 e. The fourth-order valence-corrected chi connectivity index (χ4v) is 3.37. The number of ether oxygens (including phenoxy) is 1. The molecule has 1 aromatic carbocycles. The van der Waals surface area contributed by atoms with Crippen molar-refractivity contribution in [2.75, 3.05) is 39.9 Å². The number of aliphatic imine (C=N–C) groups is 1. The Morgan fingerprint density at radius 3 is 3.15 bits per heavy atom. The van der Waals surface area contributed by atoms with E-state index in [1.165, 1.54) is 0 Å². The van der Waals surface area contributed by atoms with Crippen LogP contribution in [-0.4, -0.2) is 60.9 Å². The molecular weight excluding hydrogens is 366 g/mol.